The monoisotopic (exact) mass is 453 g/mol. The van der Waals surface area contributed by atoms with Crippen molar-refractivity contribution in [2.45, 2.75) is 100 Å². The van der Waals surface area contributed by atoms with Crippen molar-refractivity contribution in [1.29, 1.82) is 5.26 Å². The smallest absolute Gasteiger partial charge is 0.0687 e. The minimum absolute atomic E-state index is 0.141. The van der Waals surface area contributed by atoms with Crippen molar-refractivity contribution < 1.29 is 0 Å². The summed E-state index contributed by atoms with van der Waals surface area (Å²) in [6.45, 7) is 27.6. The van der Waals surface area contributed by atoms with E-state index < -0.39 is 0 Å². The minimum Gasteiger partial charge on any atom is -0.198 e. The van der Waals surface area contributed by atoms with E-state index in [1.165, 1.54) is 32.7 Å². The molecule has 0 amide bonds. The summed E-state index contributed by atoms with van der Waals surface area (Å²) in [6.07, 6.45) is 6.95. The Morgan fingerprint density at radius 1 is 1.16 bits per heavy atom. The maximum atomic E-state index is 9.39. The number of hydrogen-bond donors (Lipinski definition) is 0. The molecule has 1 aromatic carbocycles. The van der Waals surface area contributed by atoms with Gasteiger partial charge in [-0.25, -0.2) is 0 Å². The number of aryl methyl sites for hydroxylation is 2. The van der Waals surface area contributed by atoms with Crippen LogP contribution in [0.15, 0.2) is 48.1 Å². The summed E-state index contributed by atoms with van der Waals surface area (Å²) >= 11 is 1.92. The van der Waals surface area contributed by atoms with E-state index in [9.17, 15) is 5.26 Å². The van der Waals surface area contributed by atoms with E-state index in [0.29, 0.717) is 5.92 Å². The quantitative estimate of drug-likeness (QED) is 0.365. The summed E-state index contributed by atoms with van der Waals surface area (Å²) < 4.78 is 0.141. The van der Waals surface area contributed by atoms with E-state index in [1.807, 2.05) is 31.7 Å². The first-order valence-electron chi connectivity index (χ1n) is 11.9. The average Bonchev–Trinajstić information content (AvgIpc) is 2.70. The third kappa shape index (κ3) is 11.2. The molecule has 178 valence electrons. The zero-order valence-corrected chi connectivity index (χ0v) is 23.5. The van der Waals surface area contributed by atoms with E-state index in [-0.39, 0.29) is 10.2 Å². The number of allylic oxidation sites excluding steroid dienone is 4. The highest BCUT2D eigenvalue weighted by Gasteiger charge is 2.23. The van der Waals surface area contributed by atoms with Crippen molar-refractivity contribution in [3.8, 4) is 6.07 Å². The SMILES string of the molecule is C=C/C=C(/CC)C(C)C.CCc1ccc(C)c(/C(SC(C)(C)C)=C(\C)CC(C)(C)C#N)c1. The van der Waals surface area contributed by atoms with Gasteiger partial charge >= 0.3 is 0 Å². The normalized spacial score (nSPS) is 13.2. The molecular weight excluding hydrogens is 406 g/mol. The van der Waals surface area contributed by atoms with Crippen LogP contribution in [-0.2, 0) is 6.42 Å². The van der Waals surface area contributed by atoms with Gasteiger partial charge in [0.1, 0.15) is 0 Å². The van der Waals surface area contributed by atoms with Gasteiger partial charge in [0, 0.05) is 9.65 Å². The zero-order valence-electron chi connectivity index (χ0n) is 22.6. The highest BCUT2D eigenvalue weighted by Crippen LogP contribution is 2.43. The molecular formula is C30H47NS. The minimum atomic E-state index is -0.329. The standard InChI is InChI=1S/C21H31NS.C9H16/c1-9-17-11-10-15(2)18(12-17)19(23-20(4,5)6)16(3)13-21(7,8)14-22;1-5-7-9(6-2)8(3)4/h10-12H,9,13H2,1-8H3;5,7-8H,1,6H2,2-4H3/b19-16-;9-7-. The van der Waals surface area contributed by atoms with Crippen LogP contribution in [-0.4, -0.2) is 4.75 Å². The van der Waals surface area contributed by atoms with Gasteiger partial charge in [-0.2, -0.15) is 5.26 Å². The third-order valence-corrected chi connectivity index (χ3v) is 6.63. The molecule has 0 aromatic heterocycles. The maximum absolute atomic E-state index is 9.39. The largest absolute Gasteiger partial charge is 0.198 e. The predicted molar refractivity (Wildman–Crippen MR) is 148 cm³/mol. The molecule has 0 N–H and O–H groups in total. The summed E-state index contributed by atoms with van der Waals surface area (Å²) in [4.78, 5) is 1.34. The lowest BCUT2D eigenvalue weighted by Crippen LogP contribution is -2.12. The topological polar surface area (TPSA) is 23.8 Å². The molecule has 32 heavy (non-hydrogen) atoms. The van der Waals surface area contributed by atoms with Crippen molar-refractivity contribution in [3.05, 3.63) is 64.8 Å². The Bertz CT molecular complexity index is 839. The third-order valence-electron chi connectivity index (χ3n) is 5.24. The van der Waals surface area contributed by atoms with E-state index in [4.69, 9.17) is 0 Å². The van der Waals surface area contributed by atoms with Gasteiger partial charge in [0.25, 0.3) is 0 Å². The van der Waals surface area contributed by atoms with Gasteiger partial charge in [0.15, 0.2) is 0 Å². The summed E-state index contributed by atoms with van der Waals surface area (Å²) in [5.41, 5.74) is 6.46. The van der Waals surface area contributed by atoms with Crippen molar-refractivity contribution in [1.82, 2.24) is 0 Å². The molecule has 0 unspecified atom stereocenters. The molecule has 0 aliphatic carbocycles. The molecule has 2 heteroatoms. The molecule has 0 aliphatic rings. The zero-order chi connectivity index (χ0) is 25.1. The molecule has 0 atom stereocenters. The van der Waals surface area contributed by atoms with Gasteiger partial charge in [-0.3, -0.25) is 0 Å². The van der Waals surface area contributed by atoms with Crippen LogP contribution >= 0.6 is 11.8 Å². The molecule has 1 nitrogen and oxygen atoms in total. The first kappa shape index (κ1) is 30.3. The van der Waals surface area contributed by atoms with Crippen LogP contribution in [0.3, 0.4) is 0 Å². The maximum Gasteiger partial charge on any atom is 0.0687 e. The van der Waals surface area contributed by atoms with E-state index in [2.05, 4.69) is 99.2 Å². The lowest BCUT2D eigenvalue weighted by Gasteiger charge is -2.26. The lowest BCUT2D eigenvalue weighted by atomic mass is 9.86. The number of benzene rings is 1. The fraction of sp³-hybridized carbons (Fsp3) is 0.567. The molecule has 1 aromatic rings. The van der Waals surface area contributed by atoms with Crippen LogP contribution in [0.4, 0.5) is 0 Å². The van der Waals surface area contributed by atoms with Crippen molar-refractivity contribution in [3.63, 3.8) is 0 Å². The Labute approximate surface area is 204 Å². The molecule has 0 bridgehead atoms. The Morgan fingerprint density at radius 3 is 2.12 bits per heavy atom. The van der Waals surface area contributed by atoms with Crippen molar-refractivity contribution >= 4 is 16.7 Å². The summed E-state index contributed by atoms with van der Waals surface area (Å²) in [6, 6.07) is 9.20. The molecule has 0 spiro atoms. The highest BCUT2D eigenvalue weighted by atomic mass is 32.2. The van der Waals surface area contributed by atoms with Crippen molar-refractivity contribution in [2.24, 2.45) is 11.3 Å². The van der Waals surface area contributed by atoms with Gasteiger partial charge in [0.2, 0.25) is 0 Å². The predicted octanol–water partition coefficient (Wildman–Crippen LogP) is 9.92. The molecule has 0 fully saturated rings. The fourth-order valence-corrected chi connectivity index (χ4v) is 4.65. The van der Waals surface area contributed by atoms with Crippen LogP contribution in [0.2, 0.25) is 0 Å². The fourth-order valence-electron chi connectivity index (χ4n) is 3.46. The number of nitrogens with zero attached hydrogens (tertiary/aromatic N) is 1. The Balaban J connectivity index is 0.000000900. The second kappa shape index (κ2) is 13.7. The first-order valence-corrected chi connectivity index (χ1v) is 12.7. The number of rotatable bonds is 8. The molecule has 0 saturated heterocycles. The summed E-state index contributed by atoms with van der Waals surface area (Å²) in [5.74, 6) is 0.674. The van der Waals surface area contributed by atoms with E-state index in [1.54, 1.807) is 0 Å². The molecule has 0 heterocycles. The van der Waals surface area contributed by atoms with Crippen molar-refractivity contribution in [2.75, 3.05) is 0 Å². The van der Waals surface area contributed by atoms with Gasteiger partial charge < -0.3 is 0 Å². The van der Waals surface area contributed by atoms with Gasteiger partial charge in [-0.1, -0.05) is 96.5 Å². The van der Waals surface area contributed by atoms with Crippen LogP contribution in [0.5, 0.6) is 0 Å². The van der Waals surface area contributed by atoms with Crippen LogP contribution < -0.4 is 0 Å². The second-order valence-electron chi connectivity index (χ2n) is 10.5. The van der Waals surface area contributed by atoms with E-state index in [0.717, 1.165) is 19.3 Å². The highest BCUT2D eigenvalue weighted by molar-refractivity contribution is 8.09. The van der Waals surface area contributed by atoms with Crippen LogP contribution in [0.1, 0.15) is 98.8 Å². The van der Waals surface area contributed by atoms with Gasteiger partial charge in [-0.05, 0) is 69.6 Å². The van der Waals surface area contributed by atoms with Crippen LogP contribution in [0.25, 0.3) is 4.91 Å². The molecule has 0 aliphatic heterocycles. The Kier molecular flexibility index (Phi) is 13.0. The van der Waals surface area contributed by atoms with Gasteiger partial charge in [-0.15, -0.1) is 11.8 Å². The summed E-state index contributed by atoms with van der Waals surface area (Å²) in [7, 11) is 0. The Morgan fingerprint density at radius 2 is 1.75 bits per heavy atom. The number of hydrogen-bond acceptors (Lipinski definition) is 2. The average molecular weight is 454 g/mol. The number of nitriles is 1. The van der Waals surface area contributed by atoms with Gasteiger partial charge in [0.05, 0.1) is 11.5 Å². The second-order valence-corrected chi connectivity index (χ2v) is 12.3. The summed E-state index contributed by atoms with van der Waals surface area (Å²) in [5, 5.41) is 9.39. The molecule has 1 rings (SSSR count). The molecule has 0 saturated carbocycles. The Hall–Kier alpha value is -1.72. The lowest BCUT2D eigenvalue weighted by molar-refractivity contribution is 0.492. The number of thioether (sulfide) groups is 1. The first-order chi connectivity index (χ1) is 14.7. The molecule has 0 radical (unpaired) electrons. The van der Waals surface area contributed by atoms with E-state index >= 15 is 0 Å². The van der Waals surface area contributed by atoms with Crippen LogP contribution in [0, 0.1) is 29.6 Å².